The fourth-order valence-corrected chi connectivity index (χ4v) is 2.64. The van der Waals surface area contributed by atoms with Gasteiger partial charge in [0.1, 0.15) is 11.6 Å². The van der Waals surface area contributed by atoms with E-state index in [1.165, 1.54) is 12.1 Å². The maximum absolute atomic E-state index is 13.0. The molecule has 0 fully saturated rings. The van der Waals surface area contributed by atoms with Gasteiger partial charge in [0, 0.05) is 5.56 Å². The van der Waals surface area contributed by atoms with Crippen molar-refractivity contribution in [3.8, 4) is 0 Å². The van der Waals surface area contributed by atoms with E-state index in [4.69, 9.17) is 4.74 Å². The first-order chi connectivity index (χ1) is 10.7. The summed E-state index contributed by atoms with van der Waals surface area (Å²) in [5.74, 6) is -0.150. The summed E-state index contributed by atoms with van der Waals surface area (Å²) < 4.78 is 18.3. The van der Waals surface area contributed by atoms with E-state index in [0.29, 0.717) is 11.3 Å². The number of hydrogen-bond acceptors (Lipinski definition) is 2. The molecule has 0 saturated carbocycles. The van der Waals surface area contributed by atoms with E-state index >= 15 is 0 Å². The molecule has 0 atom stereocenters. The zero-order chi connectivity index (χ0) is 15.1. The summed E-state index contributed by atoms with van der Waals surface area (Å²) in [5, 5.41) is 2.05. The number of cyclic esters (lactones) is 1. The van der Waals surface area contributed by atoms with Gasteiger partial charge in [-0.1, -0.05) is 36.4 Å². The molecule has 3 aromatic carbocycles. The minimum Gasteiger partial charge on any atom is -0.422 e. The number of benzene rings is 3. The third kappa shape index (κ3) is 2.07. The van der Waals surface area contributed by atoms with Gasteiger partial charge >= 0.3 is 5.97 Å². The lowest BCUT2D eigenvalue weighted by atomic mass is 10.0. The Bertz CT molecular complexity index is 924. The van der Waals surface area contributed by atoms with Gasteiger partial charge in [-0.2, -0.15) is 0 Å². The van der Waals surface area contributed by atoms with Crippen molar-refractivity contribution >= 4 is 28.6 Å². The van der Waals surface area contributed by atoms with Crippen LogP contribution < -0.4 is 0 Å². The molecule has 3 aromatic rings. The van der Waals surface area contributed by atoms with Gasteiger partial charge in [-0.3, -0.25) is 0 Å². The van der Waals surface area contributed by atoms with Crippen molar-refractivity contribution in [2.45, 2.75) is 0 Å². The number of halogens is 1. The molecule has 0 bridgehead atoms. The molecule has 0 amide bonds. The molecule has 1 heterocycles. The number of carbonyl (C=O) groups excluding carboxylic acids is 1. The van der Waals surface area contributed by atoms with Gasteiger partial charge < -0.3 is 4.74 Å². The maximum Gasteiger partial charge on any atom is 0.344 e. The lowest BCUT2D eigenvalue weighted by Crippen LogP contribution is -1.93. The summed E-state index contributed by atoms with van der Waals surface area (Å²) >= 11 is 0. The summed E-state index contributed by atoms with van der Waals surface area (Å²) in [6, 6.07) is 17.7. The largest absolute Gasteiger partial charge is 0.422 e. The van der Waals surface area contributed by atoms with E-state index in [2.05, 4.69) is 0 Å². The summed E-state index contributed by atoms with van der Waals surface area (Å²) in [7, 11) is 0. The van der Waals surface area contributed by atoms with E-state index in [9.17, 15) is 9.18 Å². The minimum absolute atomic E-state index is 0.294. The van der Waals surface area contributed by atoms with E-state index in [1.54, 1.807) is 18.2 Å². The van der Waals surface area contributed by atoms with Gasteiger partial charge in [-0.15, -0.1) is 0 Å². The van der Waals surface area contributed by atoms with Gasteiger partial charge in [0.05, 0.1) is 5.56 Å². The fourth-order valence-electron chi connectivity index (χ4n) is 2.64. The Labute approximate surface area is 126 Å². The summed E-state index contributed by atoms with van der Waals surface area (Å²) in [6.07, 6.45) is 1.75. The quantitative estimate of drug-likeness (QED) is 0.610. The van der Waals surface area contributed by atoms with Gasteiger partial charge in [0.15, 0.2) is 0 Å². The first-order valence-electron chi connectivity index (χ1n) is 6.93. The van der Waals surface area contributed by atoms with E-state index in [-0.39, 0.29) is 11.8 Å². The average molecular weight is 290 g/mol. The standard InChI is InChI=1S/C19H11FO2/c20-15-7-5-12(6-8-15)9-18-16-10-13-3-1-2-4-14(13)11-17(16)19(21)22-18/h1-11H/b18-9-. The number of esters is 1. The maximum atomic E-state index is 13.0. The van der Waals surface area contributed by atoms with Crippen molar-refractivity contribution in [3.05, 3.63) is 83.2 Å². The van der Waals surface area contributed by atoms with E-state index < -0.39 is 0 Å². The molecule has 2 nitrogen and oxygen atoms in total. The highest BCUT2D eigenvalue weighted by molar-refractivity contribution is 6.09. The summed E-state index contributed by atoms with van der Waals surface area (Å²) in [5.41, 5.74) is 2.12. The molecule has 0 unspecified atom stereocenters. The molecule has 0 aromatic heterocycles. The number of hydrogen-bond donors (Lipinski definition) is 0. The average Bonchev–Trinajstić information content (AvgIpc) is 2.83. The van der Waals surface area contributed by atoms with Gasteiger partial charge in [0.25, 0.3) is 0 Å². The van der Waals surface area contributed by atoms with Gasteiger partial charge in [-0.05, 0) is 46.7 Å². The number of fused-ring (bicyclic) bond motifs is 2. The summed E-state index contributed by atoms with van der Waals surface area (Å²) in [4.78, 5) is 12.0. The van der Waals surface area contributed by atoms with Crippen LogP contribution >= 0.6 is 0 Å². The molecule has 0 N–H and O–H groups in total. The molecular weight excluding hydrogens is 279 g/mol. The predicted molar refractivity (Wildman–Crippen MR) is 83.6 cm³/mol. The molecule has 106 valence electrons. The normalized spacial score (nSPS) is 15.1. The topological polar surface area (TPSA) is 26.3 Å². The molecule has 22 heavy (non-hydrogen) atoms. The SMILES string of the molecule is O=C1O/C(=C\c2ccc(F)cc2)c2cc3ccccc3cc21. The van der Waals surface area contributed by atoms with Crippen LogP contribution in [0.15, 0.2) is 60.7 Å². The Morgan fingerprint density at radius 1 is 0.864 bits per heavy atom. The fraction of sp³-hybridized carbons (Fsp3) is 0. The van der Waals surface area contributed by atoms with Crippen LogP contribution in [-0.2, 0) is 4.74 Å². The zero-order valence-corrected chi connectivity index (χ0v) is 11.5. The third-order valence-electron chi connectivity index (χ3n) is 3.74. The van der Waals surface area contributed by atoms with Gasteiger partial charge in [0.2, 0.25) is 0 Å². The molecule has 0 saturated heterocycles. The Hall–Kier alpha value is -2.94. The van der Waals surface area contributed by atoms with Crippen LogP contribution in [0.1, 0.15) is 21.5 Å². The third-order valence-corrected chi connectivity index (χ3v) is 3.74. The second kappa shape index (κ2) is 4.81. The van der Waals surface area contributed by atoms with Gasteiger partial charge in [-0.25, -0.2) is 9.18 Å². The van der Waals surface area contributed by atoms with Crippen LogP contribution in [0.3, 0.4) is 0 Å². The van der Waals surface area contributed by atoms with Crippen LogP contribution in [0, 0.1) is 5.82 Å². The molecule has 4 rings (SSSR count). The highest BCUT2D eigenvalue weighted by atomic mass is 19.1. The molecule has 3 heteroatoms. The van der Waals surface area contributed by atoms with Crippen molar-refractivity contribution in [1.29, 1.82) is 0 Å². The van der Waals surface area contributed by atoms with Crippen molar-refractivity contribution in [2.75, 3.05) is 0 Å². The Balaban J connectivity index is 1.87. The smallest absolute Gasteiger partial charge is 0.344 e. The molecule has 0 spiro atoms. The molecule has 1 aliphatic rings. The highest BCUT2D eigenvalue weighted by Crippen LogP contribution is 2.34. The minimum atomic E-state index is -0.353. The first kappa shape index (κ1) is 12.8. The number of ether oxygens (including phenoxy) is 1. The Morgan fingerprint density at radius 3 is 2.18 bits per heavy atom. The zero-order valence-electron chi connectivity index (χ0n) is 11.5. The highest BCUT2D eigenvalue weighted by Gasteiger charge is 2.26. The molecule has 1 aliphatic heterocycles. The van der Waals surface area contributed by atoms with Crippen molar-refractivity contribution < 1.29 is 13.9 Å². The van der Waals surface area contributed by atoms with E-state index in [1.807, 2.05) is 36.4 Å². The molecule has 0 radical (unpaired) electrons. The van der Waals surface area contributed by atoms with Crippen molar-refractivity contribution in [3.63, 3.8) is 0 Å². The van der Waals surface area contributed by atoms with Crippen LogP contribution in [0.2, 0.25) is 0 Å². The van der Waals surface area contributed by atoms with Crippen LogP contribution in [-0.4, -0.2) is 5.97 Å². The Morgan fingerprint density at radius 2 is 1.50 bits per heavy atom. The predicted octanol–water partition coefficient (Wildman–Crippen LogP) is 4.65. The van der Waals surface area contributed by atoms with Crippen molar-refractivity contribution in [2.24, 2.45) is 0 Å². The number of rotatable bonds is 1. The van der Waals surface area contributed by atoms with E-state index in [0.717, 1.165) is 21.9 Å². The second-order valence-electron chi connectivity index (χ2n) is 5.19. The molecule has 0 aliphatic carbocycles. The molecular formula is C19H11FO2. The summed E-state index contributed by atoms with van der Waals surface area (Å²) in [6.45, 7) is 0. The first-order valence-corrected chi connectivity index (χ1v) is 6.93. The number of carbonyl (C=O) groups is 1. The van der Waals surface area contributed by atoms with Crippen molar-refractivity contribution in [1.82, 2.24) is 0 Å². The lowest BCUT2D eigenvalue weighted by molar-refractivity contribution is 0.0717. The lowest BCUT2D eigenvalue weighted by Gasteiger charge is -2.02. The second-order valence-corrected chi connectivity index (χ2v) is 5.19. The van der Waals surface area contributed by atoms with Crippen LogP contribution in [0.25, 0.3) is 22.6 Å². The monoisotopic (exact) mass is 290 g/mol. The van der Waals surface area contributed by atoms with Crippen LogP contribution in [0.5, 0.6) is 0 Å². The van der Waals surface area contributed by atoms with Crippen LogP contribution in [0.4, 0.5) is 4.39 Å². The Kier molecular flexibility index (Phi) is 2.79.